The summed E-state index contributed by atoms with van der Waals surface area (Å²) in [7, 11) is 0. The number of anilines is 1. The fourth-order valence-electron chi connectivity index (χ4n) is 1.79. The summed E-state index contributed by atoms with van der Waals surface area (Å²) < 4.78 is 1.93. The molecule has 0 unspecified atom stereocenters. The molecule has 1 N–H and O–H groups in total. The van der Waals surface area contributed by atoms with Gasteiger partial charge in [0.1, 0.15) is 4.88 Å². The van der Waals surface area contributed by atoms with E-state index in [2.05, 4.69) is 10.3 Å². The number of carbonyl (C=O) groups excluding carboxylic acids is 1. The fourth-order valence-corrected chi connectivity index (χ4v) is 2.58. The molecule has 3 heterocycles. The first-order valence-electron chi connectivity index (χ1n) is 5.77. The van der Waals surface area contributed by atoms with Gasteiger partial charge in [0.2, 0.25) is 0 Å². The highest BCUT2D eigenvalue weighted by Gasteiger charge is 2.14. The number of hydrogen-bond donors (Lipinski definition) is 1. The molecule has 5 heteroatoms. The van der Waals surface area contributed by atoms with Gasteiger partial charge in [-0.3, -0.25) is 9.78 Å². The van der Waals surface area contributed by atoms with Gasteiger partial charge in [0.25, 0.3) is 5.91 Å². The quantitative estimate of drug-likeness (QED) is 0.793. The molecule has 3 aromatic rings. The SMILES string of the molecule is O=C(Nc1ccncc1)c1sccc1-n1cccc1. The molecule has 0 radical (unpaired) electrons. The second-order valence-electron chi connectivity index (χ2n) is 3.92. The lowest BCUT2D eigenvalue weighted by Gasteiger charge is -2.06. The molecule has 0 saturated carbocycles. The van der Waals surface area contributed by atoms with Gasteiger partial charge in [-0.1, -0.05) is 0 Å². The fraction of sp³-hybridized carbons (Fsp3) is 0. The number of nitrogens with zero attached hydrogens (tertiary/aromatic N) is 2. The molecule has 0 aliphatic carbocycles. The van der Waals surface area contributed by atoms with E-state index in [4.69, 9.17) is 0 Å². The first kappa shape index (κ1) is 11.7. The van der Waals surface area contributed by atoms with Crippen molar-refractivity contribution >= 4 is 22.9 Å². The number of rotatable bonds is 3. The van der Waals surface area contributed by atoms with Crippen LogP contribution in [0.3, 0.4) is 0 Å². The van der Waals surface area contributed by atoms with Crippen molar-refractivity contribution in [2.75, 3.05) is 5.32 Å². The van der Waals surface area contributed by atoms with Crippen LogP contribution in [0.1, 0.15) is 9.67 Å². The summed E-state index contributed by atoms with van der Waals surface area (Å²) >= 11 is 1.43. The molecule has 0 fully saturated rings. The molecule has 0 aliphatic heterocycles. The van der Waals surface area contributed by atoms with Gasteiger partial charge in [0.15, 0.2) is 0 Å². The number of thiophene rings is 1. The number of nitrogens with one attached hydrogen (secondary N) is 1. The lowest BCUT2D eigenvalue weighted by Crippen LogP contribution is -2.12. The van der Waals surface area contributed by atoms with Crippen LogP contribution in [0.25, 0.3) is 5.69 Å². The van der Waals surface area contributed by atoms with Crippen LogP contribution in [0.15, 0.2) is 60.5 Å². The molecule has 19 heavy (non-hydrogen) atoms. The molecule has 0 saturated heterocycles. The van der Waals surface area contributed by atoms with Crippen molar-refractivity contribution in [1.29, 1.82) is 0 Å². The van der Waals surface area contributed by atoms with Gasteiger partial charge >= 0.3 is 0 Å². The van der Waals surface area contributed by atoms with E-state index in [0.29, 0.717) is 4.88 Å². The van der Waals surface area contributed by atoms with E-state index in [1.54, 1.807) is 24.5 Å². The molecule has 0 aliphatic rings. The van der Waals surface area contributed by atoms with Gasteiger partial charge in [-0.25, -0.2) is 0 Å². The molecule has 1 amide bonds. The number of amides is 1. The van der Waals surface area contributed by atoms with Crippen molar-refractivity contribution in [3.63, 3.8) is 0 Å². The lowest BCUT2D eigenvalue weighted by molar-refractivity contribution is 0.103. The van der Waals surface area contributed by atoms with Crippen LogP contribution < -0.4 is 5.32 Å². The van der Waals surface area contributed by atoms with E-state index in [1.807, 2.05) is 40.5 Å². The Kier molecular flexibility index (Phi) is 3.12. The molecule has 0 spiro atoms. The minimum atomic E-state index is -0.107. The number of pyridine rings is 1. The van der Waals surface area contributed by atoms with Crippen LogP contribution in [-0.4, -0.2) is 15.5 Å². The monoisotopic (exact) mass is 269 g/mol. The highest BCUT2D eigenvalue weighted by atomic mass is 32.1. The minimum absolute atomic E-state index is 0.107. The second-order valence-corrected chi connectivity index (χ2v) is 4.83. The van der Waals surface area contributed by atoms with Crippen LogP contribution in [0.5, 0.6) is 0 Å². The maximum Gasteiger partial charge on any atom is 0.267 e. The zero-order valence-corrected chi connectivity index (χ0v) is 10.8. The Labute approximate surface area is 114 Å². The number of carbonyl (C=O) groups is 1. The summed E-state index contributed by atoms with van der Waals surface area (Å²) in [6.45, 7) is 0. The standard InChI is InChI=1S/C14H11N3OS/c18-14(16-11-3-6-15-7-4-11)13-12(5-10-19-13)17-8-1-2-9-17/h1-10H,(H,15,16,18). The van der Waals surface area contributed by atoms with Gasteiger partial charge < -0.3 is 9.88 Å². The maximum atomic E-state index is 12.3. The van der Waals surface area contributed by atoms with E-state index in [0.717, 1.165) is 11.4 Å². The Hall–Kier alpha value is -2.40. The van der Waals surface area contributed by atoms with E-state index < -0.39 is 0 Å². The summed E-state index contributed by atoms with van der Waals surface area (Å²) in [5, 5.41) is 4.78. The Morgan fingerprint density at radius 1 is 1.16 bits per heavy atom. The topological polar surface area (TPSA) is 46.9 Å². The normalized spacial score (nSPS) is 10.3. The maximum absolute atomic E-state index is 12.3. The second kappa shape index (κ2) is 5.07. The molecule has 3 rings (SSSR count). The largest absolute Gasteiger partial charge is 0.322 e. The Morgan fingerprint density at radius 3 is 2.63 bits per heavy atom. The molecule has 0 atom stereocenters. The van der Waals surface area contributed by atoms with Crippen molar-refractivity contribution in [3.05, 3.63) is 65.4 Å². The summed E-state index contributed by atoms with van der Waals surface area (Å²) in [4.78, 5) is 16.9. The van der Waals surface area contributed by atoms with E-state index in [-0.39, 0.29) is 5.91 Å². The zero-order valence-electron chi connectivity index (χ0n) is 9.98. The Morgan fingerprint density at radius 2 is 1.89 bits per heavy atom. The van der Waals surface area contributed by atoms with E-state index in [1.165, 1.54) is 11.3 Å². The van der Waals surface area contributed by atoms with Gasteiger partial charge in [0.05, 0.1) is 5.69 Å². The molecule has 3 aromatic heterocycles. The molecule has 0 aromatic carbocycles. The van der Waals surface area contributed by atoms with Crippen LogP contribution in [0.2, 0.25) is 0 Å². The van der Waals surface area contributed by atoms with Crippen LogP contribution in [0, 0.1) is 0 Å². The smallest absolute Gasteiger partial charge is 0.267 e. The van der Waals surface area contributed by atoms with Gasteiger partial charge in [0, 0.05) is 30.5 Å². The van der Waals surface area contributed by atoms with Crippen molar-refractivity contribution in [3.8, 4) is 5.69 Å². The molecular weight excluding hydrogens is 258 g/mol. The predicted molar refractivity (Wildman–Crippen MR) is 75.8 cm³/mol. The van der Waals surface area contributed by atoms with Crippen molar-refractivity contribution in [2.45, 2.75) is 0 Å². The van der Waals surface area contributed by atoms with Crippen molar-refractivity contribution in [2.24, 2.45) is 0 Å². The lowest BCUT2D eigenvalue weighted by atomic mass is 10.3. The number of hydrogen-bond acceptors (Lipinski definition) is 3. The van der Waals surface area contributed by atoms with Crippen molar-refractivity contribution < 1.29 is 4.79 Å². The molecule has 4 nitrogen and oxygen atoms in total. The third-order valence-electron chi connectivity index (χ3n) is 2.67. The average molecular weight is 269 g/mol. The van der Waals surface area contributed by atoms with E-state index >= 15 is 0 Å². The van der Waals surface area contributed by atoms with Crippen LogP contribution in [0.4, 0.5) is 5.69 Å². The highest BCUT2D eigenvalue weighted by molar-refractivity contribution is 7.12. The highest BCUT2D eigenvalue weighted by Crippen LogP contribution is 2.22. The van der Waals surface area contributed by atoms with Crippen molar-refractivity contribution in [1.82, 2.24) is 9.55 Å². The zero-order chi connectivity index (χ0) is 13.1. The molecule has 94 valence electrons. The summed E-state index contributed by atoms with van der Waals surface area (Å²) in [5.74, 6) is -0.107. The average Bonchev–Trinajstić information content (AvgIpc) is 3.10. The van der Waals surface area contributed by atoms with E-state index in [9.17, 15) is 4.79 Å². The first-order chi connectivity index (χ1) is 9.34. The number of aromatic nitrogens is 2. The third-order valence-corrected chi connectivity index (χ3v) is 3.57. The first-order valence-corrected chi connectivity index (χ1v) is 6.65. The predicted octanol–water partition coefficient (Wildman–Crippen LogP) is 3.19. The third kappa shape index (κ3) is 2.41. The van der Waals surface area contributed by atoms with Gasteiger partial charge in [-0.15, -0.1) is 11.3 Å². The summed E-state index contributed by atoms with van der Waals surface area (Å²) in [5.41, 5.74) is 1.63. The van der Waals surface area contributed by atoms with Crippen LogP contribution in [-0.2, 0) is 0 Å². The summed E-state index contributed by atoms with van der Waals surface area (Å²) in [6, 6.07) is 9.33. The molecular formula is C14H11N3OS. The van der Waals surface area contributed by atoms with Crippen LogP contribution >= 0.6 is 11.3 Å². The summed E-state index contributed by atoms with van der Waals surface area (Å²) in [6.07, 6.45) is 7.14. The van der Waals surface area contributed by atoms with Gasteiger partial charge in [-0.05, 0) is 35.7 Å². The Balaban J connectivity index is 1.87. The molecule has 0 bridgehead atoms. The minimum Gasteiger partial charge on any atom is -0.322 e. The van der Waals surface area contributed by atoms with Gasteiger partial charge in [-0.2, -0.15) is 0 Å². The Bertz CT molecular complexity index is 674.